The standard InChI is InChI=1S/C14H15FN4O/c1-9(20)18-13-5-14-10(4-12(13)15)2-3-19(14)7-11-6-16-8-17-11/h4-6,8H,2-3,7H2,1H3,(H,16,17)(H,18,20). The van der Waals surface area contributed by atoms with Gasteiger partial charge in [-0.3, -0.25) is 4.79 Å². The molecule has 20 heavy (non-hydrogen) atoms. The first-order valence-electron chi connectivity index (χ1n) is 6.45. The van der Waals surface area contributed by atoms with E-state index in [1.165, 1.54) is 13.0 Å². The predicted octanol–water partition coefficient (Wildman–Crippen LogP) is 2.07. The summed E-state index contributed by atoms with van der Waals surface area (Å²) in [6.45, 7) is 2.89. The molecule has 0 fully saturated rings. The van der Waals surface area contributed by atoms with Crippen molar-refractivity contribution in [3.05, 3.63) is 41.7 Å². The fraction of sp³-hybridized carbons (Fsp3) is 0.286. The number of aromatic amines is 1. The highest BCUT2D eigenvalue weighted by Crippen LogP contribution is 2.33. The highest BCUT2D eigenvalue weighted by Gasteiger charge is 2.22. The first-order chi connectivity index (χ1) is 9.63. The summed E-state index contributed by atoms with van der Waals surface area (Å²) in [5, 5.41) is 2.52. The van der Waals surface area contributed by atoms with Crippen molar-refractivity contribution in [1.82, 2.24) is 9.97 Å². The van der Waals surface area contributed by atoms with Crippen molar-refractivity contribution >= 4 is 17.3 Å². The molecule has 3 rings (SSSR count). The van der Waals surface area contributed by atoms with E-state index in [-0.39, 0.29) is 17.4 Å². The molecule has 2 aromatic rings. The maximum absolute atomic E-state index is 13.9. The Morgan fingerprint density at radius 3 is 3.10 bits per heavy atom. The third kappa shape index (κ3) is 2.36. The fourth-order valence-corrected chi connectivity index (χ4v) is 2.50. The van der Waals surface area contributed by atoms with Crippen LogP contribution < -0.4 is 10.2 Å². The van der Waals surface area contributed by atoms with E-state index < -0.39 is 0 Å². The quantitative estimate of drug-likeness (QED) is 0.900. The second-order valence-electron chi connectivity index (χ2n) is 4.89. The van der Waals surface area contributed by atoms with Crippen LogP contribution in [0.15, 0.2) is 24.7 Å². The number of carbonyl (C=O) groups excluding carboxylic acids is 1. The van der Waals surface area contributed by atoms with E-state index in [0.29, 0.717) is 6.54 Å². The van der Waals surface area contributed by atoms with Crippen LogP contribution in [0.3, 0.4) is 0 Å². The molecule has 0 saturated heterocycles. The number of nitrogens with one attached hydrogen (secondary N) is 2. The summed E-state index contributed by atoms with van der Waals surface area (Å²) in [6.07, 6.45) is 4.22. The normalized spacial score (nSPS) is 13.4. The van der Waals surface area contributed by atoms with Crippen molar-refractivity contribution in [2.45, 2.75) is 19.9 Å². The van der Waals surface area contributed by atoms with Crippen molar-refractivity contribution in [2.24, 2.45) is 0 Å². The first kappa shape index (κ1) is 12.7. The molecule has 2 heterocycles. The average Bonchev–Trinajstić information content (AvgIpc) is 3.01. The molecule has 104 valence electrons. The summed E-state index contributed by atoms with van der Waals surface area (Å²) in [5.41, 5.74) is 3.16. The van der Waals surface area contributed by atoms with Gasteiger partial charge in [-0.15, -0.1) is 0 Å². The minimum atomic E-state index is -0.387. The predicted molar refractivity (Wildman–Crippen MR) is 74.0 cm³/mol. The maximum Gasteiger partial charge on any atom is 0.221 e. The fourth-order valence-electron chi connectivity index (χ4n) is 2.50. The molecular weight excluding hydrogens is 259 g/mol. The third-order valence-corrected chi connectivity index (χ3v) is 3.39. The van der Waals surface area contributed by atoms with E-state index in [2.05, 4.69) is 20.2 Å². The van der Waals surface area contributed by atoms with Crippen molar-refractivity contribution < 1.29 is 9.18 Å². The number of H-pyrrole nitrogens is 1. The van der Waals surface area contributed by atoms with Crippen LogP contribution in [0.25, 0.3) is 0 Å². The van der Waals surface area contributed by atoms with Gasteiger partial charge in [-0.05, 0) is 24.1 Å². The van der Waals surface area contributed by atoms with Gasteiger partial charge < -0.3 is 15.2 Å². The number of imidazole rings is 1. The Morgan fingerprint density at radius 1 is 1.55 bits per heavy atom. The molecule has 1 aliphatic heterocycles. The Balaban J connectivity index is 1.89. The Kier molecular flexibility index (Phi) is 3.14. The zero-order valence-corrected chi connectivity index (χ0v) is 11.1. The lowest BCUT2D eigenvalue weighted by Gasteiger charge is -2.19. The molecule has 0 atom stereocenters. The molecule has 0 bridgehead atoms. The number of hydrogen-bond donors (Lipinski definition) is 2. The van der Waals surface area contributed by atoms with Crippen molar-refractivity contribution in [1.29, 1.82) is 0 Å². The van der Waals surface area contributed by atoms with E-state index in [1.54, 1.807) is 18.6 Å². The lowest BCUT2D eigenvalue weighted by Crippen LogP contribution is -2.20. The van der Waals surface area contributed by atoms with E-state index in [1.807, 2.05) is 0 Å². The lowest BCUT2D eigenvalue weighted by molar-refractivity contribution is -0.114. The van der Waals surface area contributed by atoms with E-state index in [9.17, 15) is 9.18 Å². The second kappa shape index (κ2) is 4.96. The summed E-state index contributed by atoms with van der Waals surface area (Å²) in [7, 11) is 0. The molecule has 1 aliphatic rings. The molecule has 0 radical (unpaired) electrons. The number of rotatable bonds is 3. The summed E-state index contributed by atoms with van der Waals surface area (Å²) in [6, 6.07) is 3.21. The van der Waals surface area contributed by atoms with Crippen molar-refractivity contribution in [2.75, 3.05) is 16.8 Å². The molecule has 5 nitrogen and oxygen atoms in total. The third-order valence-electron chi connectivity index (χ3n) is 3.39. The number of nitrogens with zero attached hydrogens (tertiary/aromatic N) is 2. The number of hydrogen-bond acceptors (Lipinski definition) is 3. The number of halogens is 1. The molecule has 1 aromatic carbocycles. The molecule has 1 aromatic heterocycles. The van der Waals surface area contributed by atoms with Gasteiger partial charge in [0.1, 0.15) is 5.82 Å². The number of anilines is 2. The summed E-state index contributed by atoms with van der Waals surface area (Å²) < 4.78 is 13.9. The Labute approximate surface area is 115 Å². The van der Waals surface area contributed by atoms with Gasteiger partial charge in [0.15, 0.2) is 0 Å². The number of amides is 1. The van der Waals surface area contributed by atoms with Gasteiger partial charge in [0.25, 0.3) is 0 Å². The largest absolute Gasteiger partial charge is 0.365 e. The number of fused-ring (bicyclic) bond motifs is 1. The highest BCUT2D eigenvalue weighted by molar-refractivity contribution is 5.89. The van der Waals surface area contributed by atoms with Crippen LogP contribution >= 0.6 is 0 Å². The molecule has 0 unspecified atom stereocenters. The van der Waals surface area contributed by atoms with Crippen LogP contribution in [0.5, 0.6) is 0 Å². The number of benzene rings is 1. The Morgan fingerprint density at radius 2 is 2.40 bits per heavy atom. The van der Waals surface area contributed by atoms with Crippen molar-refractivity contribution in [3.63, 3.8) is 0 Å². The van der Waals surface area contributed by atoms with Gasteiger partial charge in [0.2, 0.25) is 5.91 Å². The zero-order chi connectivity index (χ0) is 14.1. The van der Waals surface area contributed by atoms with Crippen molar-refractivity contribution in [3.8, 4) is 0 Å². The monoisotopic (exact) mass is 274 g/mol. The molecule has 0 spiro atoms. The lowest BCUT2D eigenvalue weighted by atomic mass is 10.1. The summed E-state index contributed by atoms with van der Waals surface area (Å²) in [5.74, 6) is -0.663. The van der Waals surface area contributed by atoms with Crippen LogP contribution in [-0.4, -0.2) is 22.4 Å². The van der Waals surface area contributed by atoms with E-state index in [0.717, 1.165) is 29.9 Å². The average molecular weight is 274 g/mol. The van der Waals surface area contributed by atoms with Crippen LogP contribution in [-0.2, 0) is 17.8 Å². The molecule has 2 N–H and O–H groups in total. The Bertz CT molecular complexity index is 639. The van der Waals surface area contributed by atoms with Gasteiger partial charge in [-0.1, -0.05) is 0 Å². The minimum absolute atomic E-state index is 0.229. The minimum Gasteiger partial charge on any atom is -0.365 e. The molecule has 0 aliphatic carbocycles. The smallest absolute Gasteiger partial charge is 0.221 e. The van der Waals surface area contributed by atoms with Gasteiger partial charge in [0, 0.05) is 25.4 Å². The van der Waals surface area contributed by atoms with Crippen LogP contribution in [0.4, 0.5) is 15.8 Å². The topological polar surface area (TPSA) is 61.0 Å². The van der Waals surface area contributed by atoms with Crippen LogP contribution in [0.2, 0.25) is 0 Å². The molecule has 0 saturated carbocycles. The highest BCUT2D eigenvalue weighted by atomic mass is 19.1. The maximum atomic E-state index is 13.9. The summed E-state index contributed by atoms with van der Waals surface area (Å²) in [4.78, 5) is 20.3. The van der Waals surface area contributed by atoms with Gasteiger partial charge in [-0.25, -0.2) is 9.37 Å². The molecule has 1 amide bonds. The van der Waals surface area contributed by atoms with E-state index in [4.69, 9.17) is 0 Å². The molecular formula is C14H15FN4O. The zero-order valence-electron chi connectivity index (χ0n) is 11.1. The Hall–Kier alpha value is -2.37. The molecule has 6 heteroatoms. The van der Waals surface area contributed by atoms with Crippen LogP contribution in [0.1, 0.15) is 18.2 Å². The van der Waals surface area contributed by atoms with E-state index >= 15 is 0 Å². The number of aromatic nitrogens is 2. The van der Waals surface area contributed by atoms with Crippen LogP contribution in [0, 0.1) is 5.82 Å². The van der Waals surface area contributed by atoms with Gasteiger partial charge in [-0.2, -0.15) is 0 Å². The number of carbonyl (C=O) groups is 1. The summed E-state index contributed by atoms with van der Waals surface area (Å²) >= 11 is 0. The first-order valence-corrected chi connectivity index (χ1v) is 6.45. The van der Waals surface area contributed by atoms with Gasteiger partial charge >= 0.3 is 0 Å². The van der Waals surface area contributed by atoms with Gasteiger partial charge in [0.05, 0.1) is 24.3 Å². The second-order valence-corrected chi connectivity index (χ2v) is 4.89. The SMILES string of the molecule is CC(=O)Nc1cc2c(cc1F)CCN2Cc1cnc[nH]1.